The van der Waals surface area contributed by atoms with Crippen molar-refractivity contribution in [1.82, 2.24) is 4.98 Å². The molecule has 1 aromatic rings. The molecule has 1 aromatic heterocycles. The van der Waals surface area contributed by atoms with Crippen molar-refractivity contribution in [3.8, 4) is 0 Å². The molecular formula is C9H11N3. The molecule has 3 heteroatoms. The van der Waals surface area contributed by atoms with E-state index in [1.807, 2.05) is 12.1 Å². The second-order valence-electron chi connectivity index (χ2n) is 2.80. The third-order valence-corrected chi connectivity index (χ3v) is 1.82. The number of nitrogens with one attached hydrogen (secondary N) is 1. The summed E-state index contributed by atoms with van der Waals surface area (Å²) in [5.41, 5.74) is 1.03. The van der Waals surface area contributed by atoms with Crippen molar-refractivity contribution in [1.29, 1.82) is 0 Å². The normalized spacial score (nSPS) is 15.8. The summed E-state index contributed by atoms with van der Waals surface area (Å²) >= 11 is 0. The Morgan fingerprint density at radius 1 is 1.42 bits per heavy atom. The molecule has 2 rings (SSSR count). The smallest absolute Gasteiger partial charge is 0.101 e. The Morgan fingerprint density at radius 2 is 2.42 bits per heavy atom. The monoisotopic (exact) mass is 161 g/mol. The van der Waals surface area contributed by atoms with E-state index in [1.165, 1.54) is 6.42 Å². The third kappa shape index (κ3) is 1.61. The van der Waals surface area contributed by atoms with E-state index in [0.717, 1.165) is 24.5 Å². The average Bonchev–Trinajstić information content (AvgIpc) is 2.59. The first-order chi connectivity index (χ1) is 5.95. The Bertz CT molecular complexity index is 279. The fraction of sp³-hybridized carbons (Fsp3) is 0.333. The molecule has 62 valence electrons. The zero-order valence-electron chi connectivity index (χ0n) is 6.83. The molecule has 1 N–H and O–H groups in total. The number of aliphatic imine (C=N–C) groups is 1. The molecule has 0 fully saturated rings. The molecule has 0 amide bonds. The molecule has 0 saturated heterocycles. The fourth-order valence-corrected chi connectivity index (χ4v) is 1.24. The first-order valence-corrected chi connectivity index (χ1v) is 4.15. The summed E-state index contributed by atoms with van der Waals surface area (Å²) < 4.78 is 0. The van der Waals surface area contributed by atoms with Crippen LogP contribution in [0.15, 0.2) is 29.5 Å². The van der Waals surface area contributed by atoms with Crippen LogP contribution in [0.2, 0.25) is 0 Å². The van der Waals surface area contributed by atoms with Gasteiger partial charge in [0, 0.05) is 19.2 Å². The van der Waals surface area contributed by atoms with E-state index in [4.69, 9.17) is 0 Å². The molecule has 12 heavy (non-hydrogen) atoms. The van der Waals surface area contributed by atoms with Crippen molar-refractivity contribution in [3.63, 3.8) is 0 Å². The maximum atomic E-state index is 4.31. The van der Waals surface area contributed by atoms with Crippen molar-refractivity contribution >= 4 is 11.5 Å². The minimum atomic E-state index is 0.961. The highest BCUT2D eigenvalue weighted by atomic mass is 15.0. The van der Waals surface area contributed by atoms with Crippen molar-refractivity contribution in [2.75, 3.05) is 11.9 Å². The Kier molecular flexibility index (Phi) is 2.03. The van der Waals surface area contributed by atoms with Gasteiger partial charge in [-0.2, -0.15) is 0 Å². The van der Waals surface area contributed by atoms with Gasteiger partial charge in [0.2, 0.25) is 0 Å². The number of aromatic nitrogens is 1. The Morgan fingerprint density at radius 3 is 3.08 bits per heavy atom. The minimum Gasteiger partial charge on any atom is -0.343 e. The van der Waals surface area contributed by atoms with Gasteiger partial charge in [-0.15, -0.1) is 0 Å². The molecule has 0 unspecified atom stereocenters. The average molecular weight is 161 g/mol. The van der Waals surface area contributed by atoms with Crippen LogP contribution in [0.4, 0.5) is 5.69 Å². The maximum Gasteiger partial charge on any atom is 0.101 e. The van der Waals surface area contributed by atoms with E-state index in [0.29, 0.717) is 0 Å². The van der Waals surface area contributed by atoms with Gasteiger partial charge in [0.05, 0.1) is 11.9 Å². The third-order valence-electron chi connectivity index (χ3n) is 1.82. The standard InChI is InChI=1S/C9H11N3/c1-3-8(7-10-5-1)12-9-4-2-6-11-9/h1,3,5,7H,2,4,6H2,(H,11,12). The van der Waals surface area contributed by atoms with Crippen LogP contribution in [0.1, 0.15) is 12.8 Å². The summed E-state index contributed by atoms with van der Waals surface area (Å²) in [7, 11) is 0. The van der Waals surface area contributed by atoms with E-state index in [-0.39, 0.29) is 0 Å². The van der Waals surface area contributed by atoms with Crippen molar-refractivity contribution < 1.29 is 0 Å². The molecule has 1 aliphatic heterocycles. The van der Waals surface area contributed by atoms with Gasteiger partial charge in [-0.1, -0.05) is 0 Å². The van der Waals surface area contributed by atoms with E-state index in [2.05, 4.69) is 15.3 Å². The van der Waals surface area contributed by atoms with Crippen LogP contribution in [-0.4, -0.2) is 17.4 Å². The van der Waals surface area contributed by atoms with Crippen LogP contribution in [0.25, 0.3) is 0 Å². The summed E-state index contributed by atoms with van der Waals surface area (Å²) in [4.78, 5) is 8.32. The molecule has 0 radical (unpaired) electrons. The minimum absolute atomic E-state index is 0.961. The molecule has 3 nitrogen and oxygen atoms in total. The lowest BCUT2D eigenvalue weighted by Crippen LogP contribution is -2.07. The summed E-state index contributed by atoms with van der Waals surface area (Å²) in [5, 5.41) is 3.23. The first-order valence-electron chi connectivity index (χ1n) is 4.15. The topological polar surface area (TPSA) is 37.3 Å². The Hall–Kier alpha value is -1.38. The molecule has 0 atom stereocenters. The first kappa shape index (κ1) is 7.28. The van der Waals surface area contributed by atoms with E-state index >= 15 is 0 Å². The zero-order valence-corrected chi connectivity index (χ0v) is 6.83. The van der Waals surface area contributed by atoms with Crippen molar-refractivity contribution in [2.24, 2.45) is 4.99 Å². The second-order valence-corrected chi connectivity index (χ2v) is 2.80. The summed E-state index contributed by atoms with van der Waals surface area (Å²) in [6.07, 6.45) is 5.81. The molecule has 2 heterocycles. The fourth-order valence-electron chi connectivity index (χ4n) is 1.24. The highest BCUT2D eigenvalue weighted by molar-refractivity contribution is 5.96. The van der Waals surface area contributed by atoms with Crippen LogP contribution >= 0.6 is 0 Å². The number of rotatable bonds is 1. The van der Waals surface area contributed by atoms with Gasteiger partial charge >= 0.3 is 0 Å². The Balaban J connectivity index is 2.04. The lowest BCUT2D eigenvalue weighted by Gasteiger charge is -2.03. The van der Waals surface area contributed by atoms with Gasteiger partial charge in [-0.05, 0) is 18.6 Å². The SMILES string of the molecule is c1cncc(NC2=NCCC2)c1. The zero-order chi connectivity index (χ0) is 8.23. The largest absolute Gasteiger partial charge is 0.343 e. The summed E-state index contributed by atoms with van der Waals surface area (Å²) in [5.74, 6) is 1.09. The highest BCUT2D eigenvalue weighted by Gasteiger charge is 2.04. The summed E-state index contributed by atoms with van der Waals surface area (Å²) in [6, 6.07) is 3.91. The Labute approximate surface area is 71.6 Å². The second kappa shape index (κ2) is 3.34. The number of hydrogen-bond acceptors (Lipinski definition) is 3. The molecule has 0 bridgehead atoms. The molecule has 0 aliphatic carbocycles. The maximum absolute atomic E-state index is 4.31. The number of nitrogens with zero attached hydrogens (tertiary/aromatic N) is 2. The number of pyridine rings is 1. The van der Waals surface area contributed by atoms with Crippen LogP contribution in [0.5, 0.6) is 0 Å². The number of amidine groups is 1. The molecule has 0 spiro atoms. The highest BCUT2D eigenvalue weighted by Crippen LogP contribution is 2.08. The van der Waals surface area contributed by atoms with Crippen LogP contribution in [0.3, 0.4) is 0 Å². The van der Waals surface area contributed by atoms with Crippen LogP contribution in [0, 0.1) is 0 Å². The van der Waals surface area contributed by atoms with E-state index < -0.39 is 0 Å². The van der Waals surface area contributed by atoms with E-state index in [1.54, 1.807) is 12.4 Å². The van der Waals surface area contributed by atoms with Crippen molar-refractivity contribution in [3.05, 3.63) is 24.5 Å². The van der Waals surface area contributed by atoms with Gasteiger partial charge in [-0.25, -0.2) is 0 Å². The van der Waals surface area contributed by atoms with Crippen LogP contribution in [-0.2, 0) is 0 Å². The lowest BCUT2D eigenvalue weighted by atomic mass is 10.3. The van der Waals surface area contributed by atoms with Crippen LogP contribution < -0.4 is 5.32 Å². The predicted octanol–water partition coefficient (Wildman–Crippen LogP) is 1.69. The van der Waals surface area contributed by atoms with Gasteiger partial charge in [0.15, 0.2) is 0 Å². The summed E-state index contributed by atoms with van der Waals surface area (Å²) in [6.45, 7) is 0.961. The predicted molar refractivity (Wildman–Crippen MR) is 49.4 cm³/mol. The molecule has 1 aliphatic rings. The number of anilines is 1. The number of hydrogen-bond donors (Lipinski definition) is 1. The van der Waals surface area contributed by atoms with E-state index in [9.17, 15) is 0 Å². The molecule has 0 saturated carbocycles. The van der Waals surface area contributed by atoms with Gasteiger partial charge in [0.25, 0.3) is 0 Å². The van der Waals surface area contributed by atoms with Gasteiger partial charge in [-0.3, -0.25) is 9.98 Å². The van der Waals surface area contributed by atoms with Crippen molar-refractivity contribution in [2.45, 2.75) is 12.8 Å². The van der Waals surface area contributed by atoms with Gasteiger partial charge < -0.3 is 5.32 Å². The molecular weight excluding hydrogens is 150 g/mol. The van der Waals surface area contributed by atoms with Gasteiger partial charge in [0.1, 0.15) is 5.84 Å². The lowest BCUT2D eigenvalue weighted by molar-refractivity contribution is 0.951. The quantitative estimate of drug-likeness (QED) is 0.680. The molecule has 0 aromatic carbocycles.